The summed E-state index contributed by atoms with van der Waals surface area (Å²) in [5, 5.41) is 8.81. The summed E-state index contributed by atoms with van der Waals surface area (Å²) in [7, 11) is 1.68. The van der Waals surface area contributed by atoms with Crippen LogP contribution in [0.2, 0.25) is 0 Å². The number of hydrogen-bond acceptors (Lipinski definition) is 5. The first kappa shape index (κ1) is 17.7. The number of benzene rings is 2. The molecule has 2 aromatic rings. The fraction of sp³-hybridized carbons (Fsp3) is 0.381. The minimum atomic E-state index is -0.958. The Morgan fingerprint density at radius 3 is 2.44 bits per heavy atom. The number of carbonyl (C=O) groups is 1. The van der Waals surface area contributed by atoms with Gasteiger partial charge in [-0.2, -0.15) is 0 Å². The molecule has 4 rings (SSSR count). The molecular weight excluding hydrogens is 344 g/mol. The number of rotatable bonds is 7. The Balaban J connectivity index is 1.29. The van der Waals surface area contributed by atoms with E-state index >= 15 is 0 Å². The quantitative estimate of drug-likeness (QED) is 0.810. The van der Waals surface area contributed by atoms with Gasteiger partial charge in [-0.1, -0.05) is 18.2 Å². The summed E-state index contributed by atoms with van der Waals surface area (Å²) < 4.78 is 10.6. The monoisotopic (exact) mass is 368 g/mol. The van der Waals surface area contributed by atoms with Crippen molar-refractivity contribution in [2.45, 2.75) is 6.54 Å². The van der Waals surface area contributed by atoms with Gasteiger partial charge in [0.25, 0.3) is 0 Å². The van der Waals surface area contributed by atoms with E-state index in [-0.39, 0.29) is 6.61 Å². The minimum absolute atomic E-state index is 0.308. The van der Waals surface area contributed by atoms with Gasteiger partial charge in [0.2, 0.25) is 0 Å². The van der Waals surface area contributed by atoms with E-state index in [1.807, 2.05) is 36.4 Å². The number of likely N-dealkylation sites (tertiary alicyclic amines) is 1. The highest BCUT2D eigenvalue weighted by molar-refractivity contribution is 5.68. The molecule has 6 nitrogen and oxygen atoms in total. The molecule has 2 saturated heterocycles. The molecule has 0 aromatic heterocycles. The summed E-state index contributed by atoms with van der Waals surface area (Å²) in [6.45, 7) is 4.76. The predicted octanol–water partition coefficient (Wildman–Crippen LogP) is 2.48. The molecule has 0 saturated carbocycles. The Morgan fingerprint density at radius 2 is 1.78 bits per heavy atom. The van der Waals surface area contributed by atoms with E-state index < -0.39 is 5.97 Å². The van der Waals surface area contributed by atoms with Crippen molar-refractivity contribution in [3.8, 4) is 11.5 Å². The Bertz CT molecular complexity index is 807. The normalized spacial score (nSPS) is 17.9. The highest BCUT2D eigenvalue weighted by Crippen LogP contribution is 2.43. The van der Waals surface area contributed by atoms with Crippen LogP contribution in [0.4, 0.5) is 5.69 Å². The number of methoxy groups -OCH3 is 1. The fourth-order valence-corrected chi connectivity index (χ4v) is 4.11. The van der Waals surface area contributed by atoms with Crippen LogP contribution < -0.4 is 14.4 Å². The smallest absolute Gasteiger partial charge is 0.341 e. The third-order valence-corrected chi connectivity index (χ3v) is 5.33. The van der Waals surface area contributed by atoms with E-state index in [0.29, 0.717) is 11.2 Å². The van der Waals surface area contributed by atoms with Gasteiger partial charge in [0, 0.05) is 49.4 Å². The third-order valence-electron chi connectivity index (χ3n) is 5.33. The van der Waals surface area contributed by atoms with Crippen molar-refractivity contribution in [3.05, 3.63) is 54.1 Å². The van der Waals surface area contributed by atoms with Gasteiger partial charge in [-0.15, -0.1) is 0 Å². The molecule has 142 valence electrons. The summed E-state index contributed by atoms with van der Waals surface area (Å²) in [6, 6.07) is 15.9. The first-order chi connectivity index (χ1) is 13.1. The molecule has 0 radical (unpaired) electrons. The summed E-state index contributed by atoms with van der Waals surface area (Å²) in [5.41, 5.74) is 2.67. The van der Waals surface area contributed by atoms with E-state index in [9.17, 15) is 4.79 Å². The van der Waals surface area contributed by atoms with Crippen molar-refractivity contribution >= 4 is 11.7 Å². The van der Waals surface area contributed by atoms with Crippen molar-refractivity contribution < 1.29 is 19.4 Å². The molecule has 0 aliphatic carbocycles. The lowest BCUT2D eigenvalue weighted by Gasteiger charge is -2.61. The highest BCUT2D eigenvalue weighted by Gasteiger charge is 2.51. The Morgan fingerprint density at radius 1 is 1.07 bits per heavy atom. The Kier molecular flexibility index (Phi) is 4.66. The molecular formula is C21H24N2O4. The number of para-hydroxylation sites is 1. The lowest BCUT2D eigenvalue weighted by atomic mass is 9.72. The van der Waals surface area contributed by atoms with Crippen LogP contribution in [0, 0.1) is 5.41 Å². The molecule has 6 heteroatoms. The van der Waals surface area contributed by atoms with Crippen molar-refractivity contribution in [2.75, 3.05) is 44.8 Å². The number of ether oxygens (including phenoxy) is 2. The molecule has 1 spiro atoms. The molecule has 2 fully saturated rings. The van der Waals surface area contributed by atoms with Gasteiger partial charge in [0.05, 0.1) is 7.11 Å². The van der Waals surface area contributed by atoms with E-state index in [1.54, 1.807) is 7.11 Å². The van der Waals surface area contributed by atoms with E-state index in [0.717, 1.165) is 44.0 Å². The largest absolute Gasteiger partial charge is 0.497 e. The molecule has 0 bridgehead atoms. The first-order valence-corrected chi connectivity index (χ1v) is 9.11. The zero-order valence-corrected chi connectivity index (χ0v) is 15.4. The number of carboxylic acids is 1. The molecule has 0 unspecified atom stereocenters. The molecule has 0 atom stereocenters. The number of carboxylic acid groups (broad SMARTS) is 1. The number of nitrogens with zero attached hydrogens (tertiary/aromatic N) is 2. The van der Waals surface area contributed by atoms with Crippen LogP contribution in [0.5, 0.6) is 11.5 Å². The molecule has 2 aliphatic rings. The number of hydrogen-bond donors (Lipinski definition) is 1. The zero-order chi connectivity index (χ0) is 18.9. The second-order valence-corrected chi connectivity index (χ2v) is 7.49. The second kappa shape index (κ2) is 7.12. The van der Waals surface area contributed by atoms with Crippen LogP contribution >= 0.6 is 0 Å². The maximum atomic E-state index is 10.7. The summed E-state index contributed by atoms with van der Waals surface area (Å²) in [5.74, 6) is 0.586. The van der Waals surface area contributed by atoms with E-state index in [1.165, 1.54) is 5.69 Å². The average molecular weight is 368 g/mol. The van der Waals surface area contributed by atoms with Crippen LogP contribution in [-0.2, 0) is 11.3 Å². The van der Waals surface area contributed by atoms with E-state index in [4.69, 9.17) is 14.6 Å². The molecule has 1 N–H and O–H groups in total. The predicted molar refractivity (Wildman–Crippen MR) is 102 cm³/mol. The third kappa shape index (κ3) is 3.71. The van der Waals surface area contributed by atoms with Crippen LogP contribution in [-0.4, -0.2) is 55.9 Å². The molecule has 2 aromatic carbocycles. The summed E-state index contributed by atoms with van der Waals surface area (Å²) >= 11 is 0. The van der Waals surface area contributed by atoms with Crippen LogP contribution in [0.25, 0.3) is 0 Å². The lowest BCUT2D eigenvalue weighted by molar-refractivity contribution is -0.139. The van der Waals surface area contributed by atoms with Crippen LogP contribution in [0.3, 0.4) is 0 Å². The Hall–Kier alpha value is -2.73. The topological polar surface area (TPSA) is 62.2 Å². The van der Waals surface area contributed by atoms with Gasteiger partial charge >= 0.3 is 5.97 Å². The van der Waals surface area contributed by atoms with Gasteiger partial charge in [0.1, 0.15) is 11.5 Å². The van der Waals surface area contributed by atoms with Crippen molar-refractivity contribution in [3.63, 3.8) is 0 Å². The van der Waals surface area contributed by atoms with Gasteiger partial charge in [-0.25, -0.2) is 4.79 Å². The minimum Gasteiger partial charge on any atom is -0.497 e. The van der Waals surface area contributed by atoms with Gasteiger partial charge in [-0.3, -0.25) is 4.90 Å². The average Bonchev–Trinajstić information content (AvgIpc) is 2.62. The standard InChI is InChI=1S/C21H24N2O4/c1-26-18-8-6-17(7-9-18)23-14-21(15-23)12-22(13-21)10-16-4-2-3-5-19(16)27-11-20(24)25/h2-9H,10-15H2,1H3,(H,24,25). The molecule has 27 heavy (non-hydrogen) atoms. The van der Waals surface area contributed by atoms with Crippen LogP contribution in [0.1, 0.15) is 5.56 Å². The van der Waals surface area contributed by atoms with Gasteiger partial charge in [0.15, 0.2) is 6.61 Å². The van der Waals surface area contributed by atoms with Crippen molar-refractivity contribution in [2.24, 2.45) is 5.41 Å². The number of anilines is 1. The lowest BCUT2D eigenvalue weighted by Crippen LogP contribution is -2.71. The summed E-state index contributed by atoms with van der Waals surface area (Å²) in [6.07, 6.45) is 0. The van der Waals surface area contributed by atoms with Crippen molar-refractivity contribution in [1.82, 2.24) is 4.90 Å². The second-order valence-electron chi connectivity index (χ2n) is 7.49. The molecule has 2 aliphatic heterocycles. The fourth-order valence-electron chi connectivity index (χ4n) is 4.11. The van der Waals surface area contributed by atoms with Gasteiger partial charge in [-0.05, 0) is 30.3 Å². The van der Waals surface area contributed by atoms with Crippen LogP contribution in [0.15, 0.2) is 48.5 Å². The molecule has 0 amide bonds. The maximum Gasteiger partial charge on any atom is 0.341 e. The SMILES string of the molecule is COc1ccc(N2CC3(CN(Cc4ccccc4OCC(=O)O)C3)C2)cc1. The first-order valence-electron chi connectivity index (χ1n) is 9.11. The van der Waals surface area contributed by atoms with Crippen molar-refractivity contribution in [1.29, 1.82) is 0 Å². The van der Waals surface area contributed by atoms with E-state index in [2.05, 4.69) is 21.9 Å². The zero-order valence-electron chi connectivity index (χ0n) is 15.4. The highest BCUT2D eigenvalue weighted by atomic mass is 16.5. The Labute approximate surface area is 158 Å². The summed E-state index contributed by atoms with van der Waals surface area (Å²) in [4.78, 5) is 15.5. The molecule has 2 heterocycles. The maximum absolute atomic E-state index is 10.7. The van der Waals surface area contributed by atoms with Gasteiger partial charge < -0.3 is 19.5 Å². The number of aliphatic carboxylic acids is 1.